The maximum absolute atomic E-state index is 13.1. The molecule has 22 heavy (non-hydrogen) atoms. The second-order valence-corrected chi connectivity index (χ2v) is 5.41. The predicted octanol–water partition coefficient (Wildman–Crippen LogP) is 3.06. The van der Waals surface area contributed by atoms with Gasteiger partial charge in [-0.15, -0.1) is 0 Å². The van der Waals surface area contributed by atoms with E-state index >= 15 is 0 Å². The number of rotatable bonds is 2. The van der Waals surface area contributed by atoms with Gasteiger partial charge in [-0.1, -0.05) is 12.1 Å². The van der Waals surface area contributed by atoms with Crippen molar-refractivity contribution in [1.82, 2.24) is 4.98 Å². The van der Waals surface area contributed by atoms with Crippen molar-refractivity contribution in [3.05, 3.63) is 59.5 Å². The van der Waals surface area contributed by atoms with Crippen LogP contribution in [0.1, 0.15) is 24.2 Å². The second-order valence-electron chi connectivity index (χ2n) is 5.41. The van der Waals surface area contributed by atoms with E-state index in [9.17, 15) is 4.39 Å². The molecule has 1 aromatic carbocycles. The molecule has 1 aliphatic rings. The second kappa shape index (κ2) is 6.12. The molecular weight excluding hydrogens is 281 g/mol. The Hall–Kier alpha value is -2.45. The van der Waals surface area contributed by atoms with Crippen molar-refractivity contribution in [1.29, 1.82) is 5.26 Å². The molecule has 2 heterocycles. The van der Waals surface area contributed by atoms with Crippen LogP contribution >= 0.6 is 0 Å². The highest BCUT2D eigenvalue weighted by atomic mass is 19.1. The largest absolute Gasteiger partial charge is 0.367 e. The lowest BCUT2D eigenvalue weighted by Gasteiger charge is -2.37. The molecule has 0 bridgehead atoms. The molecule has 0 N–H and O–H groups in total. The Bertz CT molecular complexity index is 679. The van der Waals surface area contributed by atoms with Gasteiger partial charge >= 0.3 is 0 Å². The molecular formula is C17H16FN3O. The van der Waals surface area contributed by atoms with Crippen LogP contribution in [0.4, 0.5) is 10.2 Å². The van der Waals surface area contributed by atoms with Crippen LogP contribution in [-0.4, -0.2) is 24.2 Å². The Labute approximate surface area is 128 Å². The highest BCUT2D eigenvalue weighted by Crippen LogP contribution is 2.28. The zero-order valence-corrected chi connectivity index (χ0v) is 12.2. The van der Waals surface area contributed by atoms with Gasteiger partial charge in [0, 0.05) is 19.3 Å². The van der Waals surface area contributed by atoms with Crippen molar-refractivity contribution in [2.75, 3.05) is 18.0 Å². The lowest BCUT2D eigenvalue weighted by Crippen LogP contribution is -2.43. The van der Waals surface area contributed by atoms with Gasteiger partial charge in [-0.05, 0) is 36.8 Å². The van der Waals surface area contributed by atoms with E-state index in [2.05, 4.69) is 16.0 Å². The van der Waals surface area contributed by atoms with E-state index in [-0.39, 0.29) is 18.0 Å². The number of morpholine rings is 1. The highest BCUT2D eigenvalue weighted by Gasteiger charge is 2.27. The van der Waals surface area contributed by atoms with E-state index in [0.29, 0.717) is 12.1 Å². The quantitative estimate of drug-likeness (QED) is 0.855. The minimum Gasteiger partial charge on any atom is -0.367 e. The van der Waals surface area contributed by atoms with Gasteiger partial charge in [-0.25, -0.2) is 9.37 Å². The summed E-state index contributed by atoms with van der Waals surface area (Å²) < 4.78 is 19.0. The summed E-state index contributed by atoms with van der Waals surface area (Å²) in [5.41, 5.74) is 1.49. The predicted molar refractivity (Wildman–Crippen MR) is 80.9 cm³/mol. The van der Waals surface area contributed by atoms with Crippen LogP contribution in [-0.2, 0) is 4.74 Å². The molecule has 112 valence electrons. The number of anilines is 1. The number of nitriles is 1. The number of ether oxygens (including phenoxy) is 1. The van der Waals surface area contributed by atoms with E-state index in [4.69, 9.17) is 10.00 Å². The van der Waals surface area contributed by atoms with Gasteiger partial charge in [0.25, 0.3) is 0 Å². The Morgan fingerprint density at radius 3 is 2.64 bits per heavy atom. The van der Waals surface area contributed by atoms with E-state index in [1.54, 1.807) is 24.4 Å². The topological polar surface area (TPSA) is 49.2 Å². The molecule has 2 atom stereocenters. The first-order valence-corrected chi connectivity index (χ1v) is 7.18. The Morgan fingerprint density at radius 1 is 1.23 bits per heavy atom. The number of benzene rings is 1. The highest BCUT2D eigenvalue weighted by molar-refractivity contribution is 5.43. The van der Waals surface area contributed by atoms with E-state index < -0.39 is 0 Å². The Balaban J connectivity index is 1.81. The molecule has 0 amide bonds. The van der Waals surface area contributed by atoms with Gasteiger partial charge in [0.05, 0.1) is 11.7 Å². The fourth-order valence-electron chi connectivity index (χ4n) is 2.64. The van der Waals surface area contributed by atoms with Crippen LogP contribution in [0.3, 0.4) is 0 Å². The van der Waals surface area contributed by atoms with Gasteiger partial charge in [0.2, 0.25) is 0 Å². The lowest BCUT2D eigenvalue weighted by atomic mass is 10.1. The summed E-state index contributed by atoms with van der Waals surface area (Å²) in [5.74, 6) is 0.569. The molecule has 1 saturated heterocycles. The van der Waals surface area contributed by atoms with Crippen LogP contribution in [0.5, 0.6) is 0 Å². The molecule has 4 nitrogen and oxygen atoms in total. The fourth-order valence-corrected chi connectivity index (χ4v) is 2.64. The molecule has 0 radical (unpaired) electrons. The molecule has 5 heteroatoms. The van der Waals surface area contributed by atoms with Crippen molar-refractivity contribution < 1.29 is 9.13 Å². The summed E-state index contributed by atoms with van der Waals surface area (Å²) >= 11 is 0. The zero-order valence-electron chi connectivity index (χ0n) is 12.2. The summed E-state index contributed by atoms with van der Waals surface area (Å²) in [4.78, 5) is 6.47. The van der Waals surface area contributed by atoms with Gasteiger partial charge in [0.15, 0.2) is 0 Å². The molecule has 2 aromatic rings. The van der Waals surface area contributed by atoms with Crippen molar-refractivity contribution in [3.63, 3.8) is 0 Å². The molecule has 1 fully saturated rings. The van der Waals surface area contributed by atoms with Crippen LogP contribution in [0.25, 0.3) is 0 Å². The molecule has 2 unspecified atom stereocenters. The van der Waals surface area contributed by atoms with Gasteiger partial charge in [-0.3, -0.25) is 0 Å². The summed E-state index contributed by atoms with van der Waals surface area (Å²) in [7, 11) is 0. The average Bonchev–Trinajstić information content (AvgIpc) is 2.55. The average molecular weight is 297 g/mol. The number of halogens is 1. The van der Waals surface area contributed by atoms with Gasteiger partial charge < -0.3 is 9.64 Å². The number of nitrogens with zero attached hydrogens (tertiary/aromatic N) is 3. The summed E-state index contributed by atoms with van der Waals surface area (Å²) in [5, 5.41) is 8.84. The summed E-state index contributed by atoms with van der Waals surface area (Å²) in [6, 6.07) is 12.1. The third-order valence-electron chi connectivity index (χ3n) is 3.70. The maximum Gasteiger partial charge on any atom is 0.128 e. The summed E-state index contributed by atoms with van der Waals surface area (Å²) in [6.45, 7) is 3.39. The molecule has 0 spiro atoms. The van der Waals surface area contributed by atoms with E-state index in [1.165, 1.54) is 12.1 Å². The van der Waals surface area contributed by atoms with Crippen LogP contribution in [0.2, 0.25) is 0 Å². The molecule has 1 aliphatic heterocycles. The minimum absolute atomic E-state index is 0.0428. The van der Waals surface area contributed by atoms with Crippen LogP contribution in [0, 0.1) is 17.1 Å². The first-order chi connectivity index (χ1) is 10.7. The molecule has 3 rings (SSSR count). The number of hydrogen-bond donors (Lipinski definition) is 0. The SMILES string of the molecule is CC1CN(c2ccc(C#N)cn2)CC(c2ccc(F)cc2)O1. The lowest BCUT2D eigenvalue weighted by molar-refractivity contribution is -0.0176. The van der Waals surface area contributed by atoms with Crippen molar-refractivity contribution in [3.8, 4) is 6.07 Å². The molecule has 0 aliphatic carbocycles. The number of pyridine rings is 1. The number of hydrogen-bond acceptors (Lipinski definition) is 4. The normalized spacial score (nSPS) is 21.4. The minimum atomic E-state index is -0.252. The standard InChI is InChI=1S/C17H16FN3O/c1-12-10-21(17-7-2-13(8-19)9-20-17)11-16(22-12)14-3-5-15(18)6-4-14/h2-7,9,12,16H,10-11H2,1H3. The zero-order chi connectivity index (χ0) is 15.5. The maximum atomic E-state index is 13.1. The van der Waals surface area contributed by atoms with Gasteiger partial charge in [0.1, 0.15) is 23.8 Å². The van der Waals surface area contributed by atoms with Crippen molar-refractivity contribution in [2.45, 2.75) is 19.1 Å². The third-order valence-corrected chi connectivity index (χ3v) is 3.70. The monoisotopic (exact) mass is 297 g/mol. The Kier molecular flexibility index (Phi) is 4.03. The number of aromatic nitrogens is 1. The smallest absolute Gasteiger partial charge is 0.128 e. The van der Waals surface area contributed by atoms with Crippen molar-refractivity contribution in [2.24, 2.45) is 0 Å². The first-order valence-electron chi connectivity index (χ1n) is 7.18. The van der Waals surface area contributed by atoms with Crippen LogP contribution < -0.4 is 4.90 Å². The van der Waals surface area contributed by atoms with Gasteiger partial charge in [-0.2, -0.15) is 5.26 Å². The Morgan fingerprint density at radius 2 is 2.00 bits per heavy atom. The molecule has 0 saturated carbocycles. The van der Waals surface area contributed by atoms with Crippen LogP contribution in [0.15, 0.2) is 42.6 Å². The third kappa shape index (κ3) is 3.07. The van der Waals surface area contributed by atoms with Crippen molar-refractivity contribution >= 4 is 5.82 Å². The van der Waals surface area contributed by atoms with E-state index in [0.717, 1.165) is 17.9 Å². The first kappa shape index (κ1) is 14.5. The van der Waals surface area contributed by atoms with E-state index in [1.807, 2.05) is 13.0 Å². The molecule has 1 aromatic heterocycles. The summed E-state index contributed by atoms with van der Waals surface area (Å²) in [6.07, 6.45) is 1.49. The fraction of sp³-hybridized carbons (Fsp3) is 0.294.